The van der Waals surface area contributed by atoms with Gasteiger partial charge in [0.2, 0.25) is 5.91 Å². The lowest BCUT2D eigenvalue weighted by atomic mass is 9.75. The first-order valence-corrected chi connectivity index (χ1v) is 19.1. The number of ether oxygens (including phenoxy) is 1. The fraction of sp³-hybridized carbons (Fsp3) is 0.432. The van der Waals surface area contributed by atoms with E-state index in [1.165, 1.54) is 40.6 Å². The van der Waals surface area contributed by atoms with Crippen LogP contribution in [-0.4, -0.2) is 62.2 Å². The number of carbonyl (C=O) groups is 4. The van der Waals surface area contributed by atoms with Gasteiger partial charge in [-0.15, -0.1) is 0 Å². The molecule has 0 radical (unpaired) electrons. The molecule has 3 aromatic rings. The Morgan fingerprint density at radius 3 is 2.24 bits per heavy atom. The number of hydrogen-bond donors (Lipinski definition) is 4. The molecule has 6 rings (SSSR count). The van der Waals surface area contributed by atoms with Gasteiger partial charge >= 0.3 is 0 Å². The summed E-state index contributed by atoms with van der Waals surface area (Å²) in [7, 11) is 2.93. The van der Waals surface area contributed by atoms with Crippen LogP contribution in [0.3, 0.4) is 0 Å². The number of pyridine rings is 1. The summed E-state index contributed by atoms with van der Waals surface area (Å²) in [5.74, 6) is -2.15. The Kier molecular flexibility index (Phi) is 15.8. The number of nitrogens with zero attached hydrogens (tertiary/aromatic N) is 1. The fourth-order valence-electron chi connectivity index (χ4n) is 5.69. The predicted molar refractivity (Wildman–Crippen MR) is 194 cm³/mol. The van der Waals surface area contributed by atoms with Crippen LogP contribution in [0.1, 0.15) is 110 Å². The third-order valence-corrected chi connectivity index (χ3v) is 10.3. The number of hydrogen-bond acceptors (Lipinski definition) is 11. The smallest absolute Gasteiger partial charge is 0.225 e. The van der Waals surface area contributed by atoms with Crippen molar-refractivity contribution in [2.24, 2.45) is 5.92 Å². The average Bonchev–Trinajstić information content (AvgIpc) is 3.13. The van der Waals surface area contributed by atoms with Crippen LogP contribution in [0.15, 0.2) is 47.6 Å². The van der Waals surface area contributed by atoms with Gasteiger partial charge in [0.15, 0.2) is 17.9 Å². The number of ketones is 3. The van der Waals surface area contributed by atoms with Crippen molar-refractivity contribution in [1.29, 1.82) is 0 Å². The first kappa shape index (κ1) is 39.7. The largest absolute Gasteiger partial charge is 0.507 e. The number of anilines is 1. The van der Waals surface area contributed by atoms with Crippen LogP contribution >= 0.6 is 21.6 Å². The molecule has 1 aromatic heterocycles. The molecule has 264 valence electrons. The maximum absolute atomic E-state index is 13.7. The molecule has 10 nitrogen and oxygen atoms in total. The monoisotopic (exact) mass is 710 g/mol. The second-order valence-corrected chi connectivity index (χ2v) is 13.5. The van der Waals surface area contributed by atoms with Crippen molar-refractivity contribution < 1.29 is 39.2 Å². The second-order valence-electron chi connectivity index (χ2n) is 11.0. The van der Waals surface area contributed by atoms with Crippen molar-refractivity contribution in [2.45, 2.75) is 90.9 Å². The SMILES string of the molecule is CC.CC.CC(=O)[C@H]1CCc2c(O)c3c(c(O)c2C1)C(=O)c1cccc(NC(=O)CCSSc2ccccn2)c1C3=O.OC1CCCCO1. The average molecular weight is 711 g/mol. The van der Waals surface area contributed by atoms with Gasteiger partial charge < -0.3 is 25.4 Å². The number of aliphatic hydroxyl groups excluding tert-OH is 1. The normalized spacial score (nSPS) is 17.3. The van der Waals surface area contributed by atoms with Crippen LogP contribution < -0.4 is 5.32 Å². The Labute approximate surface area is 295 Å². The van der Waals surface area contributed by atoms with E-state index in [4.69, 9.17) is 9.84 Å². The number of aliphatic hydroxyl groups is 1. The van der Waals surface area contributed by atoms with Crippen LogP contribution in [0.4, 0.5) is 5.69 Å². The maximum atomic E-state index is 13.7. The number of fused-ring (bicyclic) bond motifs is 3. The third kappa shape index (κ3) is 9.72. The van der Waals surface area contributed by atoms with Gasteiger partial charge in [0.1, 0.15) is 22.3 Å². The molecule has 0 saturated carbocycles. The highest BCUT2D eigenvalue weighted by Gasteiger charge is 2.40. The molecule has 1 saturated heterocycles. The van der Waals surface area contributed by atoms with Gasteiger partial charge in [-0.05, 0) is 74.4 Å². The van der Waals surface area contributed by atoms with E-state index >= 15 is 0 Å². The van der Waals surface area contributed by atoms with Crippen LogP contribution in [0, 0.1) is 5.92 Å². The molecular weight excluding hydrogens is 665 g/mol. The fourth-order valence-corrected chi connectivity index (χ4v) is 7.56. The van der Waals surface area contributed by atoms with Gasteiger partial charge in [-0.1, -0.05) is 56.7 Å². The van der Waals surface area contributed by atoms with Crippen molar-refractivity contribution in [1.82, 2.24) is 4.98 Å². The van der Waals surface area contributed by atoms with Gasteiger partial charge in [0.25, 0.3) is 0 Å². The number of rotatable bonds is 7. The molecule has 1 unspecified atom stereocenters. The van der Waals surface area contributed by atoms with E-state index in [2.05, 4.69) is 10.3 Å². The summed E-state index contributed by atoms with van der Waals surface area (Å²) in [5.41, 5.74) is 0.399. The summed E-state index contributed by atoms with van der Waals surface area (Å²) in [6.45, 7) is 10.2. The summed E-state index contributed by atoms with van der Waals surface area (Å²) in [4.78, 5) is 56.0. The lowest BCUT2D eigenvalue weighted by Crippen LogP contribution is -2.27. The van der Waals surface area contributed by atoms with Gasteiger partial charge in [-0.2, -0.15) is 0 Å². The second kappa shape index (κ2) is 19.5. The van der Waals surface area contributed by atoms with E-state index in [0.29, 0.717) is 29.7 Å². The summed E-state index contributed by atoms with van der Waals surface area (Å²) < 4.78 is 4.83. The number of aromatic nitrogens is 1. The predicted octanol–water partition coefficient (Wildman–Crippen LogP) is 7.29. The molecule has 2 aromatic carbocycles. The Morgan fingerprint density at radius 2 is 1.63 bits per heavy atom. The molecule has 0 spiro atoms. The molecular formula is C37H46N2O8S2. The van der Waals surface area contributed by atoms with Gasteiger partial charge in [0, 0.05) is 47.6 Å². The van der Waals surface area contributed by atoms with E-state index in [1.807, 2.05) is 45.9 Å². The molecule has 2 atom stereocenters. The Morgan fingerprint density at radius 1 is 0.918 bits per heavy atom. The molecule has 3 aliphatic rings. The summed E-state index contributed by atoms with van der Waals surface area (Å²) in [5, 5.41) is 34.4. The van der Waals surface area contributed by atoms with E-state index < -0.39 is 17.9 Å². The minimum atomic E-state index is -0.644. The summed E-state index contributed by atoms with van der Waals surface area (Å²) >= 11 is 0. The lowest BCUT2D eigenvalue weighted by Gasteiger charge is -2.29. The van der Waals surface area contributed by atoms with Crippen LogP contribution in [0.2, 0.25) is 0 Å². The first-order chi connectivity index (χ1) is 23.7. The summed E-state index contributed by atoms with van der Waals surface area (Å²) in [6, 6.07) is 10.1. The van der Waals surface area contributed by atoms with Gasteiger partial charge in [0.05, 0.1) is 22.4 Å². The highest BCUT2D eigenvalue weighted by atomic mass is 33.1. The van der Waals surface area contributed by atoms with Crippen molar-refractivity contribution in [3.05, 3.63) is 76.0 Å². The maximum Gasteiger partial charge on any atom is 0.225 e. The molecule has 1 aliphatic heterocycles. The third-order valence-electron chi connectivity index (χ3n) is 8.04. The Hall–Kier alpha value is -3.71. The molecule has 49 heavy (non-hydrogen) atoms. The number of phenolic OH excluding ortho intramolecular Hbond substituents is 2. The standard InChI is InChI=1S/C28H24N2O6S2.C5H10O2.2C2H6/c1-14(31)15-8-9-16-18(13-15)27(35)23-24(25(16)33)28(36)22-17(26(23)34)5-4-6-19(22)30-20(32)10-12-37-38-21-7-2-3-11-29-21;6-5-3-1-2-4-7-5;2*1-2/h2-7,11,15,33,35H,8-10,12-13H2,1H3,(H,30,32);5-6H,1-4H2;2*1-2H3/t15-;;;/m0.../s1. The van der Waals surface area contributed by atoms with E-state index in [1.54, 1.807) is 12.3 Å². The zero-order valence-electron chi connectivity index (χ0n) is 28.7. The minimum Gasteiger partial charge on any atom is -0.507 e. The molecule has 1 amide bonds. The number of nitrogens with one attached hydrogen (secondary N) is 1. The molecule has 12 heteroatoms. The van der Waals surface area contributed by atoms with E-state index in [0.717, 1.165) is 30.9 Å². The lowest BCUT2D eigenvalue weighted by molar-refractivity contribution is -0.123. The highest BCUT2D eigenvalue weighted by molar-refractivity contribution is 8.76. The zero-order chi connectivity index (χ0) is 36.1. The van der Waals surface area contributed by atoms with Gasteiger partial charge in [-0.3, -0.25) is 19.2 Å². The zero-order valence-corrected chi connectivity index (χ0v) is 30.3. The van der Waals surface area contributed by atoms with Crippen molar-refractivity contribution >= 4 is 50.5 Å². The van der Waals surface area contributed by atoms with Crippen molar-refractivity contribution in [3.63, 3.8) is 0 Å². The number of benzene rings is 2. The Bertz CT molecular complexity index is 1620. The number of amides is 1. The van der Waals surface area contributed by atoms with Crippen LogP contribution in [0.5, 0.6) is 11.5 Å². The van der Waals surface area contributed by atoms with E-state index in [-0.39, 0.29) is 69.9 Å². The number of carbonyl (C=O) groups excluding carboxylic acids is 4. The summed E-state index contributed by atoms with van der Waals surface area (Å²) in [6.07, 6.45) is 5.41. The van der Waals surface area contributed by atoms with Crippen LogP contribution in [-0.2, 0) is 27.2 Å². The molecule has 4 N–H and O–H groups in total. The quantitative estimate of drug-likeness (QED) is 0.0865. The molecule has 2 heterocycles. The van der Waals surface area contributed by atoms with Crippen LogP contribution in [0.25, 0.3) is 0 Å². The molecule has 2 aliphatic carbocycles. The minimum absolute atomic E-state index is 0.0130. The number of Topliss-reactive ketones (excluding diaryl/α,β-unsaturated/α-hetero) is 1. The van der Waals surface area contributed by atoms with E-state index in [9.17, 15) is 29.4 Å². The van der Waals surface area contributed by atoms with Crippen molar-refractivity contribution in [2.75, 3.05) is 17.7 Å². The number of phenols is 2. The highest BCUT2D eigenvalue weighted by Crippen LogP contribution is 2.47. The first-order valence-electron chi connectivity index (χ1n) is 16.8. The molecule has 0 bridgehead atoms. The Balaban J connectivity index is 0.000000513. The topological polar surface area (TPSA) is 163 Å². The van der Waals surface area contributed by atoms with Crippen molar-refractivity contribution in [3.8, 4) is 11.5 Å². The number of aromatic hydroxyl groups is 2. The molecule has 1 fully saturated rings. The van der Waals surface area contributed by atoms with Gasteiger partial charge in [-0.25, -0.2) is 4.98 Å².